The number of nitrogens with one attached hydrogen (secondary N) is 1. The normalized spacial score (nSPS) is 18.2. The molecule has 1 fully saturated rings. The van der Waals surface area contributed by atoms with E-state index < -0.39 is 0 Å². The van der Waals surface area contributed by atoms with E-state index in [1.807, 2.05) is 25.1 Å². The molecule has 1 N–H and O–H groups in total. The lowest BCUT2D eigenvalue weighted by atomic mass is 10.2. The van der Waals surface area contributed by atoms with Crippen LogP contribution in [-0.2, 0) is 17.9 Å². The molecule has 0 aliphatic carbocycles. The lowest BCUT2D eigenvalue weighted by Crippen LogP contribution is -2.40. The number of carbonyl (C=O) groups excluding carboxylic acids is 1. The summed E-state index contributed by atoms with van der Waals surface area (Å²) in [4.78, 5) is 26.1. The Morgan fingerprint density at radius 1 is 1.35 bits per heavy atom. The molecule has 6 heteroatoms. The highest BCUT2D eigenvalue weighted by molar-refractivity contribution is 7.07. The van der Waals surface area contributed by atoms with Gasteiger partial charge in [-0.15, -0.1) is 0 Å². The molecule has 0 bridgehead atoms. The summed E-state index contributed by atoms with van der Waals surface area (Å²) in [5.74, 6) is -0.0832. The van der Waals surface area contributed by atoms with Crippen molar-refractivity contribution in [3.05, 3.63) is 56.6 Å². The summed E-state index contributed by atoms with van der Waals surface area (Å²) in [6.07, 6.45) is 0.954. The third-order valence-corrected chi connectivity index (χ3v) is 5.05. The first kappa shape index (κ1) is 16.0. The Bertz CT molecular complexity index is 723. The van der Waals surface area contributed by atoms with Crippen molar-refractivity contribution >= 4 is 17.2 Å². The van der Waals surface area contributed by atoms with Crippen LogP contribution < -0.4 is 10.2 Å². The lowest BCUT2D eigenvalue weighted by molar-refractivity contribution is -0.122. The number of hydrogen-bond donors (Lipinski definition) is 1. The fourth-order valence-electron chi connectivity index (χ4n) is 2.95. The topological polar surface area (TPSA) is 54.3 Å². The number of benzene rings is 1. The summed E-state index contributed by atoms with van der Waals surface area (Å²) in [7, 11) is 0. The van der Waals surface area contributed by atoms with Crippen LogP contribution in [0, 0.1) is 6.92 Å². The first-order chi connectivity index (χ1) is 11.1. The summed E-state index contributed by atoms with van der Waals surface area (Å²) >= 11 is 1.14. The fourth-order valence-corrected chi connectivity index (χ4v) is 3.68. The average Bonchev–Trinajstić information content (AvgIpc) is 3.09. The zero-order chi connectivity index (χ0) is 16.2. The third-order valence-electron chi connectivity index (χ3n) is 4.16. The Labute approximate surface area is 139 Å². The molecule has 2 aromatic rings. The highest BCUT2D eigenvalue weighted by Gasteiger charge is 2.24. The number of nitrogens with zero attached hydrogens (tertiary/aromatic N) is 2. The van der Waals surface area contributed by atoms with Crippen LogP contribution in [0.2, 0.25) is 0 Å². The first-order valence-electron chi connectivity index (χ1n) is 7.82. The van der Waals surface area contributed by atoms with Gasteiger partial charge in [0.2, 0.25) is 5.91 Å². The molecule has 3 rings (SSSR count). The largest absolute Gasteiger partial charge is 0.350 e. The van der Waals surface area contributed by atoms with Crippen LogP contribution >= 0.6 is 11.3 Å². The highest BCUT2D eigenvalue weighted by atomic mass is 32.1. The molecule has 1 atom stereocenters. The van der Waals surface area contributed by atoms with Crippen molar-refractivity contribution in [2.24, 2.45) is 0 Å². The third kappa shape index (κ3) is 4.09. The van der Waals surface area contributed by atoms with Gasteiger partial charge in [-0.05, 0) is 18.9 Å². The standard InChI is InChI=1S/C17H21N3O2S/c1-13-12-23-17(22)20(13)11-16(21)18-15-7-8-19(10-15)9-14-5-3-2-4-6-14/h2-6,12,15H,7-11H2,1H3,(H,18,21)/t15-/m1/s1. The van der Waals surface area contributed by atoms with E-state index in [1.165, 1.54) is 10.1 Å². The minimum Gasteiger partial charge on any atom is -0.350 e. The second-order valence-corrected chi connectivity index (χ2v) is 6.82. The fraction of sp³-hybridized carbons (Fsp3) is 0.412. The zero-order valence-corrected chi connectivity index (χ0v) is 14.0. The Morgan fingerprint density at radius 2 is 2.13 bits per heavy atom. The molecule has 0 unspecified atom stereocenters. The molecule has 1 saturated heterocycles. The average molecular weight is 331 g/mol. The number of likely N-dealkylation sites (tertiary alicyclic amines) is 1. The maximum absolute atomic E-state index is 12.2. The van der Waals surface area contributed by atoms with Crippen molar-refractivity contribution < 1.29 is 4.79 Å². The maximum Gasteiger partial charge on any atom is 0.307 e. The van der Waals surface area contributed by atoms with Crippen molar-refractivity contribution in [3.63, 3.8) is 0 Å². The van der Waals surface area contributed by atoms with Gasteiger partial charge < -0.3 is 5.32 Å². The van der Waals surface area contributed by atoms with Crippen molar-refractivity contribution in [2.75, 3.05) is 13.1 Å². The zero-order valence-electron chi connectivity index (χ0n) is 13.2. The molecule has 5 nitrogen and oxygen atoms in total. The van der Waals surface area contributed by atoms with Gasteiger partial charge in [0, 0.05) is 36.8 Å². The Balaban J connectivity index is 1.50. The molecule has 1 aliphatic heterocycles. The smallest absolute Gasteiger partial charge is 0.307 e. The van der Waals surface area contributed by atoms with E-state index in [0.717, 1.165) is 43.1 Å². The quantitative estimate of drug-likeness (QED) is 0.906. The van der Waals surface area contributed by atoms with Gasteiger partial charge in [0.1, 0.15) is 6.54 Å². The van der Waals surface area contributed by atoms with E-state index in [2.05, 4.69) is 22.3 Å². The number of hydrogen-bond acceptors (Lipinski definition) is 4. The van der Waals surface area contributed by atoms with Crippen molar-refractivity contribution in [1.82, 2.24) is 14.8 Å². The van der Waals surface area contributed by atoms with Crippen LogP contribution in [0.1, 0.15) is 17.7 Å². The van der Waals surface area contributed by atoms with Gasteiger partial charge in [0.25, 0.3) is 0 Å². The lowest BCUT2D eigenvalue weighted by Gasteiger charge is -2.17. The van der Waals surface area contributed by atoms with Crippen LogP contribution in [0.3, 0.4) is 0 Å². The molecule has 1 aromatic carbocycles. The maximum atomic E-state index is 12.2. The summed E-state index contributed by atoms with van der Waals surface area (Å²) in [5, 5.41) is 4.84. The first-order valence-corrected chi connectivity index (χ1v) is 8.70. The summed E-state index contributed by atoms with van der Waals surface area (Å²) in [6.45, 7) is 4.72. The number of aryl methyl sites for hydroxylation is 1. The highest BCUT2D eigenvalue weighted by Crippen LogP contribution is 2.13. The van der Waals surface area contributed by atoms with Crippen LogP contribution in [-0.4, -0.2) is 34.5 Å². The van der Waals surface area contributed by atoms with E-state index in [9.17, 15) is 9.59 Å². The van der Waals surface area contributed by atoms with Crippen LogP contribution in [0.15, 0.2) is 40.5 Å². The summed E-state index contributed by atoms with van der Waals surface area (Å²) in [6, 6.07) is 10.5. The number of amides is 1. The molecule has 122 valence electrons. The van der Waals surface area contributed by atoms with E-state index in [-0.39, 0.29) is 23.4 Å². The van der Waals surface area contributed by atoms with Gasteiger partial charge in [-0.25, -0.2) is 0 Å². The molecular weight excluding hydrogens is 310 g/mol. The Hall–Kier alpha value is -1.92. The SMILES string of the molecule is Cc1csc(=O)n1CC(=O)N[C@@H]1CCN(Cc2ccccc2)C1. The van der Waals surface area contributed by atoms with Crippen molar-refractivity contribution in [1.29, 1.82) is 0 Å². The second kappa shape index (κ2) is 7.10. The van der Waals surface area contributed by atoms with E-state index in [4.69, 9.17) is 0 Å². The number of thiazole rings is 1. The van der Waals surface area contributed by atoms with E-state index >= 15 is 0 Å². The molecule has 1 aliphatic rings. The predicted octanol–water partition coefficient (Wildman–Crippen LogP) is 1.61. The molecule has 2 heterocycles. The molecular formula is C17H21N3O2S. The minimum atomic E-state index is -0.0832. The van der Waals surface area contributed by atoms with E-state index in [1.54, 1.807) is 5.38 Å². The summed E-state index contributed by atoms with van der Waals surface area (Å²) in [5.41, 5.74) is 2.13. The number of rotatable bonds is 5. The van der Waals surface area contributed by atoms with Gasteiger partial charge in [-0.2, -0.15) is 0 Å². The molecule has 0 saturated carbocycles. The van der Waals surface area contributed by atoms with E-state index in [0.29, 0.717) is 0 Å². The predicted molar refractivity (Wildman–Crippen MR) is 91.6 cm³/mol. The summed E-state index contributed by atoms with van der Waals surface area (Å²) < 4.78 is 1.52. The van der Waals surface area contributed by atoms with Gasteiger partial charge in [0.15, 0.2) is 0 Å². The Morgan fingerprint density at radius 3 is 2.83 bits per heavy atom. The second-order valence-electron chi connectivity index (χ2n) is 6.00. The van der Waals surface area contributed by atoms with Gasteiger partial charge >= 0.3 is 4.87 Å². The monoisotopic (exact) mass is 331 g/mol. The van der Waals surface area contributed by atoms with Crippen LogP contribution in [0.25, 0.3) is 0 Å². The number of carbonyl (C=O) groups is 1. The van der Waals surface area contributed by atoms with Crippen LogP contribution in [0.5, 0.6) is 0 Å². The Kier molecular flexibility index (Phi) is 4.93. The number of aromatic nitrogens is 1. The molecule has 0 radical (unpaired) electrons. The van der Waals surface area contributed by atoms with Crippen molar-refractivity contribution in [2.45, 2.75) is 32.5 Å². The van der Waals surface area contributed by atoms with Crippen LogP contribution in [0.4, 0.5) is 0 Å². The van der Waals surface area contributed by atoms with Gasteiger partial charge in [0.05, 0.1) is 0 Å². The van der Waals surface area contributed by atoms with Gasteiger partial charge in [-0.1, -0.05) is 41.7 Å². The molecule has 1 amide bonds. The minimum absolute atomic E-state index is 0.0743. The van der Waals surface area contributed by atoms with Crippen molar-refractivity contribution in [3.8, 4) is 0 Å². The molecule has 0 spiro atoms. The van der Waals surface area contributed by atoms with Gasteiger partial charge in [-0.3, -0.25) is 19.1 Å². The molecule has 23 heavy (non-hydrogen) atoms. The molecule has 1 aromatic heterocycles.